The zero-order chi connectivity index (χ0) is 14.6. The minimum Gasteiger partial charge on any atom is -0.480 e. The highest BCUT2D eigenvalue weighted by Crippen LogP contribution is 2.27. The summed E-state index contributed by atoms with van der Waals surface area (Å²) in [4.78, 5) is 24.4. The van der Waals surface area contributed by atoms with Gasteiger partial charge in [-0.15, -0.1) is 0 Å². The van der Waals surface area contributed by atoms with Crippen LogP contribution in [0, 0.1) is 11.8 Å². The summed E-state index contributed by atoms with van der Waals surface area (Å²) >= 11 is 0. The van der Waals surface area contributed by atoms with Gasteiger partial charge < -0.3 is 20.4 Å². The van der Waals surface area contributed by atoms with Crippen molar-refractivity contribution in [2.45, 2.75) is 45.3 Å². The molecule has 6 heteroatoms. The fourth-order valence-electron chi connectivity index (χ4n) is 2.27. The number of urea groups is 1. The lowest BCUT2D eigenvalue weighted by Crippen LogP contribution is -2.49. The summed E-state index contributed by atoms with van der Waals surface area (Å²) in [6.45, 7) is 4.39. The highest BCUT2D eigenvalue weighted by atomic mass is 16.4. The molecule has 0 heterocycles. The molecule has 3 N–H and O–H groups in total. The minimum absolute atomic E-state index is 0.202. The van der Waals surface area contributed by atoms with Crippen molar-refractivity contribution in [1.29, 1.82) is 0 Å². The van der Waals surface area contributed by atoms with Gasteiger partial charge in [0.2, 0.25) is 0 Å². The lowest BCUT2D eigenvalue weighted by atomic mass is 9.82. The second-order valence-corrected chi connectivity index (χ2v) is 5.84. The molecule has 2 amide bonds. The van der Waals surface area contributed by atoms with Gasteiger partial charge in [0.15, 0.2) is 0 Å². The Hall–Kier alpha value is -1.30. The van der Waals surface area contributed by atoms with Gasteiger partial charge in [0.05, 0.1) is 6.10 Å². The summed E-state index contributed by atoms with van der Waals surface area (Å²) in [7, 11) is 1.65. The Labute approximate surface area is 113 Å². The van der Waals surface area contributed by atoms with Crippen LogP contribution in [0.25, 0.3) is 0 Å². The van der Waals surface area contributed by atoms with Crippen molar-refractivity contribution in [2.75, 3.05) is 13.6 Å². The number of carbonyl (C=O) groups excluding carboxylic acids is 1. The van der Waals surface area contributed by atoms with E-state index in [0.717, 1.165) is 0 Å². The second-order valence-electron chi connectivity index (χ2n) is 5.84. The number of carboxylic acid groups (broad SMARTS) is 1. The maximum Gasteiger partial charge on any atom is 0.326 e. The summed E-state index contributed by atoms with van der Waals surface area (Å²) in [6, 6.07) is -1.21. The van der Waals surface area contributed by atoms with Crippen LogP contribution in [0.5, 0.6) is 0 Å². The third-order valence-electron chi connectivity index (χ3n) is 3.39. The van der Waals surface area contributed by atoms with Crippen LogP contribution in [0.2, 0.25) is 0 Å². The van der Waals surface area contributed by atoms with E-state index >= 15 is 0 Å². The normalized spacial score (nSPS) is 23.6. The molecular weight excluding hydrogens is 248 g/mol. The van der Waals surface area contributed by atoms with Crippen LogP contribution in [0.3, 0.4) is 0 Å². The maximum absolute atomic E-state index is 11.9. The molecular formula is C13H24N2O4. The number of hydrogen-bond acceptors (Lipinski definition) is 3. The molecule has 0 spiro atoms. The Balaban J connectivity index is 2.40. The van der Waals surface area contributed by atoms with E-state index in [1.807, 2.05) is 13.8 Å². The number of carboxylic acids is 1. The van der Waals surface area contributed by atoms with Gasteiger partial charge in [-0.05, 0) is 31.1 Å². The first kappa shape index (κ1) is 15.8. The number of nitrogens with one attached hydrogen (secondary N) is 1. The number of aliphatic hydroxyl groups excluding tert-OH is 1. The minimum atomic E-state index is -1.01. The van der Waals surface area contributed by atoms with Gasteiger partial charge in [-0.1, -0.05) is 13.8 Å². The van der Waals surface area contributed by atoms with E-state index in [0.29, 0.717) is 31.7 Å². The summed E-state index contributed by atoms with van der Waals surface area (Å²) in [5, 5.41) is 20.8. The molecule has 1 aliphatic carbocycles. The SMILES string of the molecule is CC(C)CC(NC(=O)N(C)CC1CC(O)C1)C(=O)O. The third kappa shape index (κ3) is 5.06. The number of aliphatic carboxylic acids is 1. The van der Waals surface area contributed by atoms with Gasteiger partial charge >= 0.3 is 12.0 Å². The number of rotatable bonds is 6. The fraction of sp³-hybridized carbons (Fsp3) is 0.846. The predicted molar refractivity (Wildman–Crippen MR) is 70.8 cm³/mol. The van der Waals surface area contributed by atoms with Crippen LogP contribution in [0.1, 0.15) is 33.1 Å². The Bertz CT molecular complexity index is 327. The van der Waals surface area contributed by atoms with Crippen molar-refractivity contribution in [3.63, 3.8) is 0 Å². The van der Waals surface area contributed by atoms with Crippen molar-refractivity contribution in [2.24, 2.45) is 11.8 Å². The van der Waals surface area contributed by atoms with Crippen LogP contribution in [0.15, 0.2) is 0 Å². The van der Waals surface area contributed by atoms with E-state index in [2.05, 4.69) is 5.32 Å². The van der Waals surface area contributed by atoms with Crippen molar-refractivity contribution < 1.29 is 19.8 Å². The van der Waals surface area contributed by atoms with Crippen LogP contribution in [0.4, 0.5) is 4.79 Å². The number of hydrogen-bond donors (Lipinski definition) is 3. The van der Waals surface area contributed by atoms with Crippen LogP contribution >= 0.6 is 0 Å². The van der Waals surface area contributed by atoms with Gasteiger partial charge in [-0.3, -0.25) is 0 Å². The van der Waals surface area contributed by atoms with E-state index in [1.54, 1.807) is 7.05 Å². The average Bonchev–Trinajstić information content (AvgIpc) is 2.24. The fourth-order valence-corrected chi connectivity index (χ4v) is 2.27. The Morgan fingerprint density at radius 2 is 1.95 bits per heavy atom. The Morgan fingerprint density at radius 3 is 2.37 bits per heavy atom. The van der Waals surface area contributed by atoms with Crippen molar-refractivity contribution in [3.05, 3.63) is 0 Å². The molecule has 0 aromatic rings. The molecule has 1 aliphatic rings. The molecule has 6 nitrogen and oxygen atoms in total. The molecule has 0 saturated heterocycles. The molecule has 0 aliphatic heterocycles. The van der Waals surface area contributed by atoms with Gasteiger partial charge in [-0.2, -0.15) is 0 Å². The highest BCUT2D eigenvalue weighted by Gasteiger charge is 2.30. The van der Waals surface area contributed by atoms with Gasteiger partial charge in [-0.25, -0.2) is 9.59 Å². The first-order valence-electron chi connectivity index (χ1n) is 6.72. The first-order chi connectivity index (χ1) is 8.79. The Kier molecular flexibility index (Phi) is 5.60. The summed E-state index contributed by atoms with van der Waals surface area (Å²) in [5.74, 6) is -0.484. The van der Waals surface area contributed by atoms with E-state index in [4.69, 9.17) is 5.11 Å². The smallest absolute Gasteiger partial charge is 0.326 e. The molecule has 1 saturated carbocycles. The number of aliphatic hydroxyl groups is 1. The van der Waals surface area contributed by atoms with E-state index in [-0.39, 0.29) is 18.1 Å². The van der Waals surface area contributed by atoms with Crippen molar-refractivity contribution in [1.82, 2.24) is 10.2 Å². The molecule has 19 heavy (non-hydrogen) atoms. The topological polar surface area (TPSA) is 89.9 Å². The molecule has 1 unspecified atom stereocenters. The number of amides is 2. The third-order valence-corrected chi connectivity index (χ3v) is 3.39. The maximum atomic E-state index is 11.9. The predicted octanol–water partition coefficient (Wildman–Crippen LogP) is 0.898. The molecule has 1 rings (SSSR count). The van der Waals surface area contributed by atoms with Crippen LogP contribution < -0.4 is 5.32 Å². The van der Waals surface area contributed by atoms with Gasteiger partial charge in [0.1, 0.15) is 6.04 Å². The molecule has 1 fully saturated rings. The summed E-state index contributed by atoms with van der Waals surface area (Å²) < 4.78 is 0. The zero-order valence-corrected chi connectivity index (χ0v) is 11.8. The average molecular weight is 272 g/mol. The lowest BCUT2D eigenvalue weighted by molar-refractivity contribution is -0.139. The summed E-state index contributed by atoms with van der Waals surface area (Å²) in [6.07, 6.45) is 1.60. The van der Waals surface area contributed by atoms with Crippen molar-refractivity contribution in [3.8, 4) is 0 Å². The standard InChI is InChI=1S/C13H24N2O4/c1-8(2)4-11(12(17)18)14-13(19)15(3)7-9-5-10(16)6-9/h8-11,16H,4-7H2,1-3H3,(H,14,19)(H,17,18). The van der Waals surface area contributed by atoms with Gasteiger partial charge in [0.25, 0.3) is 0 Å². The van der Waals surface area contributed by atoms with Crippen molar-refractivity contribution >= 4 is 12.0 Å². The molecule has 0 aromatic heterocycles. The summed E-state index contributed by atoms with van der Waals surface area (Å²) in [5.41, 5.74) is 0. The van der Waals surface area contributed by atoms with E-state index in [1.165, 1.54) is 4.90 Å². The van der Waals surface area contributed by atoms with E-state index in [9.17, 15) is 14.7 Å². The molecule has 110 valence electrons. The Morgan fingerprint density at radius 1 is 1.37 bits per heavy atom. The highest BCUT2D eigenvalue weighted by molar-refractivity contribution is 5.82. The van der Waals surface area contributed by atoms with E-state index < -0.39 is 12.0 Å². The largest absolute Gasteiger partial charge is 0.480 e. The van der Waals surface area contributed by atoms with Gasteiger partial charge in [0, 0.05) is 13.6 Å². The quantitative estimate of drug-likeness (QED) is 0.670. The molecule has 0 bridgehead atoms. The second kappa shape index (κ2) is 6.75. The molecule has 1 atom stereocenters. The molecule has 0 aromatic carbocycles. The first-order valence-corrected chi connectivity index (χ1v) is 6.72. The number of carbonyl (C=O) groups is 2. The van der Waals surface area contributed by atoms with Crippen LogP contribution in [-0.2, 0) is 4.79 Å². The van der Waals surface area contributed by atoms with Crippen LogP contribution in [-0.4, -0.2) is 52.9 Å². The lowest BCUT2D eigenvalue weighted by Gasteiger charge is -2.34. The monoisotopic (exact) mass is 272 g/mol. The molecule has 0 radical (unpaired) electrons. The number of nitrogens with zero attached hydrogens (tertiary/aromatic N) is 1. The zero-order valence-electron chi connectivity index (χ0n) is 11.8.